The molecule has 1 aliphatic rings. The van der Waals surface area contributed by atoms with Crippen molar-refractivity contribution in [1.29, 1.82) is 0 Å². The van der Waals surface area contributed by atoms with Crippen LogP contribution < -0.4 is 10.2 Å². The van der Waals surface area contributed by atoms with E-state index >= 15 is 0 Å². The van der Waals surface area contributed by atoms with E-state index in [1.54, 1.807) is 31.4 Å². The summed E-state index contributed by atoms with van der Waals surface area (Å²) in [6.45, 7) is 5.88. The van der Waals surface area contributed by atoms with Crippen LogP contribution in [0.25, 0.3) is 16.6 Å². The second kappa shape index (κ2) is 9.26. The van der Waals surface area contributed by atoms with E-state index in [0.717, 1.165) is 0 Å². The van der Waals surface area contributed by atoms with Crippen molar-refractivity contribution in [3.63, 3.8) is 0 Å². The number of aliphatic hydroxyl groups is 1. The molecule has 1 fully saturated rings. The van der Waals surface area contributed by atoms with E-state index in [0.29, 0.717) is 60.2 Å². The van der Waals surface area contributed by atoms with Gasteiger partial charge in [-0.3, -0.25) is 0 Å². The Morgan fingerprint density at radius 2 is 2.07 bits per heavy atom. The van der Waals surface area contributed by atoms with Crippen LogP contribution in [0.2, 0.25) is 0 Å². The van der Waals surface area contributed by atoms with Gasteiger partial charge in [-0.25, -0.2) is 19.7 Å². The van der Waals surface area contributed by atoms with Gasteiger partial charge in [-0.2, -0.15) is 0 Å². The molecule has 0 aromatic carbocycles. The van der Waals surface area contributed by atoms with Gasteiger partial charge in [0.25, 0.3) is 0 Å². The summed E-state index contributed by atoms with van der Waals surface area (Å²) in [4.78, 5) is 27.2. The maximum absolute atomic E-state index is 11.6. The molecule has 0 radical (unpaired) electrons. The third-order valence-corrected chi connectivity index (χ3v) is 4.42. The van der Waals surface area contributed by atoms with Crippen LogP contribution in [0.4, 0.5) is 11.6 Å². The highest BCUT2D eigenvalue weighted by molar-refractivity contribution is 6.00. The minimum atomic E-state index is -1.15. The second-order valence-electron chi connectivity index (χ2n) is 6.22. The molecule has 2 aromatic rings. The standard InChI is InChI=1S/C20H23N5O4/c1-3-4-5-13(6-9-26)16-18-17(14(21-2)12-15(22-18)19(27)28)24-20(23-16)25-7-10-29-11-8-25/h3-6,12,26H,1,7-11H2,2H3,(H,21,22)(H,27,28)/b5-4-,13-6+. The van der Waals surface area contributed by atoms with Crippen LogP contribution in [0.15, 0.2) is 36.9 Å². The molecule has 0 unspecified atom stereocenters. The molecule has 0 amide bonds. The number of carbonyl (C=O) groups is 1. The van der Waals surface area contributed by atoms with Crippen LogP contribution in [0.3, 0.4) is 0 Å². The molecule has 9 nitrogen and oxygen atoms in total. The number of carboxylic acids is 1. The zero-order valence-corrected chi connectivity index (χ0v) is 16.1. The maximum atomic E-state index is 11.6. The van der Waals surface area contributed by atoms with Crippen molar-refractivity contribution in [1.82, 2.24) is 15.0 Å². The number of nitrogens with zero attached hydrogens (tertiary/aromatic N) is 4. The fourth-order valence-corrected chi connectivity index (χ4v) is 3.01. The normalized spacial score (nSPS) is 15.1. The highest BCUT2D eigenvalue weighted by Gasteiger charge is 2.21. The predicted molar refractivity (Wildman–Crippen MR) is 111 cm³/mol. The van der Waals surface area contributed by atoms with Crippen molar-refractivity contribution in [2.75, 3.05) is 50.2 Å². The van der Waals surface area contributed by atoms with Gasteiger partial charge in [0.2, 0.25) is 5.95 Å². The Labute approximate surface area is 168 Å². The third-order valence-electron chi connectivity index (χ3n) is 4.42. The third kappa shape index (κ3) is 4.41. The summed E-state index contributed by atoms with van der Waals surface area (Å²) < 4.78 is 5.41. The lowest BCUT2D eigenvalue weighted by molar-refractivity contribution is 0.0691. The van der Waals surface area contributed by atoms with E-state index in [1.807, 2.05) is 4.90 Å². The second-order valence-corrected chi connectivity index (χ2v) is 6.22. The van der Waals surface area contributed by atoms with Crippen molar-refractivity contribution in [3.8, 4) is 0 Å². The summed E-state index contributed by atoms with van der Waals surface area (Å²) in [6.07, 6.45) is 6.64. The van der Waals surface area contributed by atoms with Crippen LogP contribution in [0.5, 0.6) is 0 Å². The first-order valence-electron chi connectivity index (χ1n) is 9.16. The zero-order chi connectivity index (χ0) is 20.8. The molecular formula is C20H23N5O4. The summed E-state index contributed by atoms with van der Waals surface area (Å²) in [7, 11) is 1.69. The number of anilines is 2. The Bertz CT molecular complexity index is 980. The molecular weight excluding hydrogens is 374 g/mol. The smallest absolute Gasteiger partial charge is 0.354 e. The summed E-state index contributed by atoms with van der Waals surface area (Å²) in [5, 5.41) is 22.0. The van der Waals surface area contributed by atoms with E-state index in [9.17, 15) is 15.0 Å². The van der Waals surface area contributed by atoms with Crippen LogP contribution in [-0.4, -0.2) is 71.1 Å². The monoisotopic (exact) mass is 397 g/mol. The van der Waals surface area contributed by atoms with E-state index in [1.165, 1.54) is 6.07 Å². The van der Waals surface area contributed by atoms with Gasteiger partial charge in [0.15, 0.2) is 5.69 Å². The number of nitrogens with one attached hydrogen (secondary N) is 1. The predicted octanol–water partition coefficient (Wildman–Crippen LogP) is 1.72. The van der Waals surface area contributed by atoms with Gasteiger partial charge in [-0.1, -0.05) is 24.8 Å². The number of aromatic nitrogens is 3. The molecule has 0 saturated carbocycles. The molecule has 1 aliphatic heterocycles. The lowest BCUT2D eigenvalue weighted by Gasteiger charge is -2.27. The minimum absolute atomic E-state index is 0.123. The number of morpholine rings is 1. The molecule has 3 heterocycles. The molecule has 0 spiro atoms. The fourth-order valence-electron chi connectivity index (χ4n) is 3.01. The maximum Gasteiger partial charge on any atom is 0.354 e. The van der Waals surface area contributed by atoms with Gasteiger partial charge >= 0.3 is 5.97 Å². The Kier molecular flexibility index (Phi) is 6.53. The Balaban J connectivity index is 2.32. The number of aromatic carboxylic acids is 1. The van der Waals surface area contributed by atoms with E-state index in [-0.39, 0.29) is 12.3 Å². The van der Waals surface area contributed by atoms with E-state index in [4.69, 9.17) is 4.74 Å². The molecule has 29 heavy (non-hydrogen) atoms. The number of rotatable bonds is 7. The number of fused-ring (bicyclic) bond motifs is 1. The fraction of sp³-hybridized carbons (Fsp3) is 0.300. The molecule has 152 valence electrons. The summed E-state index contributed by atoms with van der Waals surface area (Å²) in [5.41, 5.74) is 2.26. The van der Waals surface area contributed by atoms with Crippen molar-refractivity contribution in [2.45, 2.75) is 0 Å². The minimum Gasteiger partial charge on any atom is -0.477 e. The van der Waals surface area contributed by atoms with Gasteiger partial charge in [0, 0.05) is 25.7 Å². The SMILES string of the molecule is C=C/C=C\C(=C/CO)c1nc(N2CCOCC2)nc2c(NC)cc(C(=O)O)nc12. The number of hydrogen-bond acceptors (Lipinski definition) is 8. The molecule has 3 N–H and O–H groups in total. The van der Waals surface area contributed by atoms with Gasteiger partial charge < -0.3 is 25.2 Å². The van der Waals surface area contributed by atoms with Crippen LogP contribution in [0.1, 0.15) is 16.2 Å². The Hall–Kier alpha value is -3.30. The number of pyridine rings is 1. The van der Waals surface area contributed by atoms with Crippen LogP contribution in [0, 0.1) is 0 Å². The van der Waals surface area contributed by atoms with Crippen molar-refractivity contribution < 1.29 is 19.7 Å². The average molecular weight is 397 g/mol. The van der Waals surface area contributed by atoms with E-state index < -0.39 is 5.97 Å². The van der Waals surface area contributed by atoms with Crippen molar-refractivity contribution >= 4 is 34.2 Å². The van der Waals surface area contributed by atoms with Crippen molar-refractivity contribution in [3.05, 3.63) is 48.3 Å². The Morgan fingerprint density at radius 3 is 2.69 bits per heavy atom. The van der Waals surface area contributed by atoms with Crippen molar-refractivity contribution in [2.24, 2.45) is 0 Å². The largest absolute Gasteiger partial charge is 0.477 e. The molecule has 2 aromatic heterocycles. The first kappa shape index (κ1) is 20.4. The van der Waals surface area contributed by atoms with Crippen LogP contribution >= 0.6 is 0 Å². The lowest BCUT2D eigenvalue weighted by atomic mass is 10.1. The van der Waals surface area contributed by atoms with Crippen LogP contribution in [-0.2, 0) is 4.74 Å². The molecule has 0 bridgehead atoms. The zero-order valence-electron chi connectivity index (χ0n) is 16.1. The topological polar surface area (TPSA) is 121 Å². The summed E-state index contributed by atoms with van der Waals surface area (Å²) >= 11 is 0. The molecule has 0 aliphatic carbocycles. The summed E-state index contributed by atoms with van der Waals surface area (Å²) in [5.74, 6) is -0.658. The average Bonchev–Trinajstić information content (AvgIpc) is 2.75. The molecule has 1 saturated heterocycles. The molecule has 0 atom stereocenters. The van der Waals surface area contributed by atoms with Gasteiger partial charge in [0.1, 0.15) is 16.7 Å². The lowest BCUT2D eigenvalue weighted by Crippen LogP contribution is -2.37. The highest BCUT2D eigenvalue weighted by atomic mass is 16.5. The van der Waals surface area contributed by atoms with E-state index in [2.05, 4.69) is 26.8 Å². The quantitative estimate of drug-likeness (QED) is 0.600. The Morgan fingerprint density at radius 1 is 1.31 bits per heavy atom. The molecule has 9 heteroatoms. The van der Waals surface area contributed by atoms with Gasteiger partial charge in [-0.15, -0.1) is 0 Å². The first-order chi connectivity index (χ1) is 14.1. The number of allylic oxidation sites excluding steroid dienone is 4. The number of hydrogen-bond donors (Lipinski definition) is 3. The number of aliphatic hydroxyl groups excluding tert-OH is 1. The number of carboxylic acid groups (broad SMARTS) is 1. The summed E-state index contributed by atoms with van der Waals surface area (Å²) in [6, 6.07) is 1.44. The van der Waals surface area contributed by atoms with Gasteiger partial charge in [0.05, 0.1) is 25.5 Å². The highest BCUT2D eigenvalue weighted by Crippen LogP contribution is 2.30. The number of ether oxygens (including phenoxy) is 1. The molecule has 3 rings (SSSR count). The van der Waals surface area contributed by atoms with Gasteiger partial charge in [-0.05, 0) is 12.1 Å². The first-order valence-corrected chi connectivity index (χ1v) is 9.16.